The number of anilines is 2. The highest BCUT2D eigenvalue weighted by atomic mass is 16.1. The van der Waals surface area contributed by atoms with E-state index in [9.17, 15) is 4.79 Å². The number of pyridine rings is 1. The van der Waals surface area contributed by atoms with E-state index in [0.29, 0.717) is 17.5 Å². The molecule has 0 spiro atoms. The summed E-state index contributed by atoms with van der Waals surface area (Å²) in [5.41, 5.74) is 7.78. The number of rotatable bonds is 0. The number of hydrogen-bond donors (Lipinski definition) is 2. The summed E-state index contributed by atoms with van der Waals surface area (Å²) in [6, 6.07) is 2.15. The second-order valence-corrected chi connectivity index (χ2v) is 3.72. The van der Waals surface area contributed by atoms with Gasteiger partial charge >= 0.3 is 0 Å². The topological polar surface area (TPSA) is 74.5 Å². The van der Waals surface area contributed by atoms with Gasteiger partial charge in [-0.1, -0.05) is 0 Å². The fourth-order valence-corrected chi connectivity index (χ4v) is 1.87. The van der Waals surface area contributed by atoms with Crippen molar-refractivity contribution in [1.82, 2.24) is 4.98 Å². The minimum absolute atomic E-state index is 0.204. The maximum Gasteiger partial charge on any atom is 0.277 e. The normalized spacial score (nSPS) is 22.5. The number of aromatic nitrogens is 1. The number of nitrogens with one attached hydrogen (secondary N) is 1. The second kappa shape index (κ2) is 2.17. The van der Waals surface area contributed by atoms with E-state index in [4.69, 9.17) is 5.73 Å². The van der Waals surface area contributed by atoms with Gasteiger partial charge in [-0.3, -0.25) is 4.79 Å². The Hall–Kier alpha value is -1.78. The Balaban J connectivity index is 2.31. The van der Waals surface area contributed by atoms with Crippen LogP contribution in [0.2, 0.25) is 0 Å². The standard InChI is InChI=1S/C9H10N4O/c1-13-5-2-4(5)11-8-6(13)3-7(10)12-9(8)14/h3,5H,2H2,1H3,(H3,10,12,14). The second-order valence-electron chi connectivity index (χ2n) is 3.72. The molecule has 2 aliphatic rings. The number of H-pyrrole nitrogens is 1. The van der Waals surface area contributed by atoms with Crippen LogP contribution in [0, 0.1) is 0 Å². The molecule has 72 valence electrons. The van der Waals surface area contributed by atoms with E-state index in [1.54, 1.807) is 6.07 Å². The molecule has 5 heteroatoms. The molecule has 0 radical (unpaired) electrons. The van der Waals surface area contributed by atoms with Gasteiger partial charge in [0.15, 0.2) is 5.69 Å². The van der Waals surface area contributed by atoms with E-state index in [-0.39, 0.29) is 5.56 Å². The van der Waals surface area contributed by atoms with Gasteiger partial charge in [-0.2, -0.15) is 0 Å². The van der Waals surface area contributed by atoms with Gasteiger partial charge in [0.1, 0.15) is 5.82 Å². The van der Waals surface area contributed by atoms with Crippen molar-refractivity contribution in [3.63, 3.8) is 0 Å². The summed E-state index contributed by atoms with van der Waals surface area (Å²) in [7, 11) is 1.96. The van der Waals surface area contributed by atoms with Gasteiger partial charge in [0.25, 0.3) is 5.56 Å². The number of aliphatic imine (C=N–C) groups is 1. The molecule has 1 fully saturated rings. The number of aromatic amines is 1. The molecule has 1 aliphatic heterocycles. The molecule has 1 atom stereocenters. The molecule has 0 aromatic carbocycles. The van der Waals surface area contributed by atoms with Crippen molar-refractivity contribution in [2.24, 2.45) is 4.99 Å². The van der Waals surface area contributed by atoms with Crippen LogP contribution >= 0.6 is 0 Å². The highest BCUT2D eigenvalue weighted by Gasteiger charge is 2.40. The van der Waals surface area contributed by atoms with Gasteiger partial charge < -0.3 is 15.6 Å². The third kappa shape index (κ3) is 0.837. The first-order valence-electron chi connectivity index (χ1n) is 4.50. The van der Waals surface area contributed by atoms with Crippen LogP contribution in [0.4, 0.5) is 17.2 Å². The quantitative estimate of drug-likeness (QED) is 0.615. The lowest BCUT2D eigenvalue weighted by Crippen LogP contribution is -2.26. The van der Waals surface area contributed by atoms with E-state index in [0.717, 1.165) is 17.8 Å². The average molecular weight is 190 g/mol. The fraction of sp³-hybridized carbons (Fsp3) is 0.333. The van der Waals surface area contributed by atoms with Crippen molar-refractivity contribution < 1.29 is 0 Å². The molecule has 1 aliphatic carbocycles. The first-order valence-corrected chi connectivity index (χ1v) is 4.50. The van der Waals surface area contributed by atoms with Crippen molar-refractivity contribution in [3.05, 3.63) is 16.4 Å². The molecule has 1 aromatic heterocycles. The van der Waals surface area contributed by atoms with Crippen LogP contribution in [0.15, 0.2) is 15.9 Å². The molecule has 2 heterocycles. The number of nitrogen functional groups attached to an aromatic ring is 1. The molecule has 1 unspecified atom stereocenters. The molecule has 0 saturated heterocycles. The molecule has 3 rings (SSSR count). The largest absolute Gasteiger partial charge is 0.385 e. The van der Waals surface area contributed by atoms with Crippen LogP contribution in [0.1, 0.15) is 6.42 Å². The zero-order valence-electron chi connectivity index (χ0n) is 7.74. The van der Waals surface area contributed by atoms with Crippen molar-refractivity contribution >= 4 is 22.9 Å². The van der Waals surface area contributed by atoms with Gasteiger partial charge in [0, 0.05) is 25.2 Å². The third-order valence-electron chi connectivity index (χ3n) is 2.74. The summed E-state index contributed by atoms with van der Waals surface area (Å²) in [4.78, 5) is 20.4. The summed E-state index contributed by atoms with van der Waals surface area (Å²) < 4.78 is 0. The molecular formula is C9H10N4O. The smallest absolute Gasteiger partial charge is 0.277 e. The lowest BCUT2D eigenvalue weighted by Gasteiger charge is -2.22. The van der Waals surface area contributed by atoms with Crippen molar-refractivity contribution in [1.29, 1.82) is 0 Å². The Labute approximate surface area is 80.3 Å². The summed E-state index contributed by atoms with van der Waals surface area (Å²) >= 11 is 0. The highest BCUT2D eigenvalue weighted by molar-refractivity contribution is 6.11. The third-order valence-corrected chi connectivity index (χ3v) is 2.74. The zero-order chi connectivity index (χ0) is 9.87. The summed E-state index contributed by atoms with van der Waals surface area (Å²) in [5.74, 6) is 0.389. The molecule has 5 nitrogen and oxygen atoms in total. The van der Waals surface area contributed by atoms with Crippen LogP contribution in [-0.4, -0.2) is 23.8 Å². The van der Waals surface area contributed by atoms with E-state index >= 15 is 0 Å². The van der Waals surface area contributed by atoms with Crippen molar-refractivity contribution in [2.75, 3.05) is 17.7 Å². The zero-order valence-corrected chi connectivity index (χ0v) is 7.74. The highest BCUT2D eigenvalue weighted by Crippen LogP contribution is 2.39. The SMILES string of the molecule is CN1c2cc(N)[nH]c(=O)c2N=C2CC21. The minimum Gasteiger partial charge on any atom is -0.385 e. The molecule has 1 saturated carbocycles. The lowest BCUT2D eigenvalue weighted by molar-refractivity contribution is 0.937. The van der Waals surface area contributed by atoms with Crippen LogP contribution in [0.5, 0.6) is 0 Å². The summed E-state index contributed by atoms with van der Waals surface area (Å²) in [5, 5.41) is 0. The number of nitrogens with zero attached hydrogens (tertiary/aromatic N) is 2. The van der Waals surface area contributed by atoms with Gasteiger partial charge in [-0.25, -0.2) is 4.99 Å². The van der Waals surface area contributed by atoms with Crippen LogP contribution in [0.3, 0.4) is 0 Å². The predicted octanol–water partition coefficient (Wildman–Crippen LogP) is 0.252. The minimum atomic E-state index is -0.204. The van der Waals surface area contributed by atoms with Crippen molar-refractivity contribution in [2.45, 2.75) is 12.5 Å². The first kappa shape index (κ1) is 7.61. The van der Waals surface area contributed by atoms with Gasteiger partial charge in [-0.05, 0) is 0 Å². The van der Waals surface area contributed by atoms with E-state index in [1.807, 2.05) is 7.05 Å². The monoisotopic (exact) mass is 190 g/mol. The Morgan fingerprint density at radius 2 is 2.50 bits per heavy atom. The van der Waals surface area contributed by atoms with Crippen molar-refractivity contribution in [3.8, 4) is 0 Å². The number of fused-ring (bicyclic) bond motifs is 2. The van der Waals surface area contributed by atoms with E-state index in [2.05, 4.69) is 14.9 Å². The van der Waals surface area contributed by atoms with Crippen LogP contribution in [0.25, 0.3) is 0 Å². The number of hydrogen-bond acceptors (Lipinski definition) is 4. The Kier molecular flexibility index (Phi) is 1.18. The maximum atomic E-state index is 11.5. The van der Waals surface area contributed by atoms with Gasteiger partial charge in [0.2, 0.25) is 0 Å². The van der Waals surface area contributed by atoms with Gasteiger partial charge in [0.05, 0.1) is 11.7 Å². The maximum absolute atomic E-state index is 11.5. The van der Waals surface area contributed by atoms with E-state index < -0.39 is 0 Å². The molecule has 1 aromatic rings. The Morgan fingerprint density at radius 3 is 3.29 bits per heavy atom. The summed E-state index contributed by atoms with van der Waals surface area (Å²) in [6.45, 7) is 0. The first-order chi connectivity index (χ1) is 6.66. The molecule has 0 amide bonds. The molecule has 0 bridgehead atoms. The van der Waals surface area contributed by atoms with Gasteiger partial charge in [-0.15, -0.1) is 0 Å². The average Bonchev–Trinajstić information content (AvgIpc) is 2.87. The van der Waals surface area contributed by atoms with Crippen LogP contribution < -0.4 is 16.2 Å². The lowest BCUT2D eigenvalue weighted by atomic mass is 10.2. The fourth-order valence-electron chi connectivity index (χ4n) is 1.87. The Morgan fingerprint density at radius 1 is 1.71 bits per heavy atom. The number of nitrogens with two attached hydrogens (primary N) is 1. The molecule has 3 N–H and O–H groups in total. The molecular weight excluding hydrogens is 180 g/mol. The summed E-state index contributed by atoms with van der Waals surface area (Å²) in [6.07, 6.45) is 0.963. The van der Waals surface area contributed by atoms with Crippen LogP contribution in [-0.2, 0) is 0 Å². The molecule has 14 heavy (non-hydrogen) atoms. The predicted molar refractivity (Wildman–Crippen MR) is 55.4 cm³/mol. The Bertz CT molecular complexity index is 502. The van der Waals surface area contributed by atoms with E-state index in [1.165, 1.54) is 0 Å².